The van der Waals surface area contributed by atoms with Gasteiger partial charge >= 0.3 is 6.09 Å². The van der Waals surface area contributed by atoms with Crippen molar-refractivity contribution in [3.05, 3.63) is 108 Å². The van der Waals surface area contributed by atoms with E-state index in [2.05, 4.69) is 22.6 Å². The van der Waals surface area contributed by atoms with Gasteiger partial charge in [-0.05, 0) is 29.5 Å². The molecule has 1 amide bonds. The van der Waals surface area contributed by atoms with Crippen molar-refractivity contribution in [2.24, 2.45) is 5.16 Å². The Balaban J connectivity index is 1.48. The highest BCUT2D eigenvalue weighted by atomic mass is 16.6. The smallest absolute Gasteiger partial charge is 0.413 e. The van der Waals surface area contributed by atoms with Crippen LogP contribution < -0.4 is 5.32 Å². The molecule has 3 aromatic carbocycles. The molecule has 5 nitrogen and oxygen atoms in total. The van der Waals surface area contributed by atoms with Gasteiger partial charge in [0.2, 0.25) is 0 Å². The number of aryl methyl sites for hydroxylation is 1. The number of carbonyl (C=O) groups excluding carboxylic acids is 1. The Morgan fingerprint density at radius 1 is 0.867 bits per heavy atom. The maximum Gasteiger partial charge on any atom is 0.413 e. The number of ether oxygens (including phenoxy) is 1. The standard InChI is InChI=1S/C25H24N2O3/c28-25-26-24(27-29-18-10-13-19-11-4-1-5-12-19)23(30-25)22(20-14-6-2-7-15-20)21-16-8-3-9-17-21/h1-9,11-12,14-17,22-23H,10,13,18H2,(H,26,27,28). The molecule has 0 aliphatic carbocycles. The highest BCUT2D eigenvalue weighted by Gasteiger charge is 2.39. The molecule has 0 radical (unpaired) electrons. The fraction of sp³-hybridized carbons (Fsp3) is 0.200. The maximum atomic E-state index is 12.0. The van der Waals surface area contributed by atoms with E-state index in [0.717, 1.165) is 24.0 Å². The summed E-state index contributed by atoms with van der Waals surface area (Å²) in [6.45, 7) is 0.461. The van der Waals surface area contributed by atoms with Gasteiger partial charge in [0.1, 0.15) is 6.61 Å². The second-order valence-electron chi connectivity index (χ2n) is 7.15. The van der Waals surface area contributed by atoms with E-state index in [9.17, 15) is 4.79 Å². The van der Waals surface area contributed by atoms with Crippen LogP contribution in [0.1, 0.15) is 29.0 Å². The van der Waals surface area contributed by atoms with Crippen molar-refractivity contribution in [2.45, 2.75) is 24.9 Å². The lowest BCUT2D eigenvalue weighted by atomic mass is 9.86. The van der Waals surface area contributed by atoms with Crippen LogP contribution >= 0.6 is 0 Å². The number of amides is 1. The summed E-state index contributed by atoms with van der Waals surface area (Å²) in [6.07, 6.45) is 0.662. The molecule has 1 heterocycles. The summed E-state index contributed by atoms with van der Waals surface area (Å²) in [5.74, 6) is 0.218. The average Bonchev–Trinajstić information content (AvgIpc) is 3.16. The molecule has 0 spiro atoms. The molecule has 1 fully saturated rings. The molecule has 4 rings (SSSR count). The van der Waals surface area contributed by atoms with Crippen LogP contribution in [0, 0.1) is 0 Å². The molecule has 5 heteroatoms. The Kier molecular flexibility index (Phi) is 6.40. The molecule has 152 valence electrons. The molecule has 0 saturated carbocycles. The Bertz CT molecular complexity index is 936. The first kappa shape index (κ1) is 19.7. The highest BCUT2D eigenvalue weighted by Crippen LogP contribution is 2.32. The minimum atomic E-state index is -0.573. The molecule has 30 heavy (non-hydrogen) atoms. The lowest BCUT2D eigenvalue weighted by Gasteiger charge is -2.22. The largest absolute Gasteiger partial charge is 0.437 e. The van der Waals surface area contributed by atoms with Crippen molar-refractivity contribution in [1.29, 1.82) is 0 Å². The lowest BCUT2D eigenvalue weighted by Crippen LogP contribution is -2.31. The minimum absolute atomic E-state index is 0.182. The summed E-state index contributed by atoms with van der Waals surface area (Å²) < 4.78 is 5.61. The van der Waals surface area contributed by atoms with Crippen molar-refractivity contribution in [3.63, 3.8) is 0 Å². The first-order valence-electron chi connectivity index (χ1n) is 10.1. The summed E-state index contributed by atoms with van der Waals surface area (Å²) in [5, 5.41) is 6.91. The van der Waals surface area contributed by atoms with E-state index in [1.165, 1.54) is 5.56 Å². The quantitative estimate of drug-likeness (QED) is 0.433. The Morgan fingerprint density at radius 3 is 2.03 bits per heavy atom. The van der Waals surface area contributed by atoms with Gasteiger partial charge in [0.25, 0.3) is 0 Å². The van der Waals surface area contributed by atoms with E-state index in [1.54, 1.807) is 0 Å². The van der Waals surface area contributed by atoms with Crippen LogP contribution in [0.15, 0.2) is 96.2 Å². The zero-order valence-corrected chi connectivity index (χ0v) is 16.6. The van der Waals surface area contributed by atoms with E-state index in [1.807, 2.05) is 78.9 Å². The molecular formula is C25H24N2O3. The van der Waals surface area contributed by atoms with Crippen molar-refractivity contribution < 1.29 is 14.4 Å². The van der Waals surface area contributed by atoms with Crippen LogP contribution in [0.2, 0.25) is 0 Å². The number of amidine groups is 1. The van der Waals surface area contributed by atoms with Gasteiger partial charge in [0, 0.05) is 0 Å². The zero-order valence-electron chi connectivity index (χ0n) is 16.6. The third-order valence-electron chi connectivity index (χ3n) is 5.06. The molecule has 1 aliphatic heterocycles. The van der Waals surface area contributed by atoms with Crippen molar-refractivity contribution in [1.82, 2.24) is 5.32 Å². The fourth-order valence-electron chi connectivity index (χ4n) is 3.64. The number of nitrogens with zero attached hydrogens (tertiary/aromatic N) is 1. The molecule has 3 aromatic rings. The number of hydrogen-bond acceptors (Lipinski definition) is 4. The van der Waals surface area contributed by atoms with Crippen LogP contribution in [-0.2, 0) is 16.0 Å². The van der Waals surface area contributed by atoms with Crippen LogP contribution in [0.25, 0.3) is 0 Å². The number of cyclic esters (lactones) is 1. The molecule has 1 N–H and O–H groups in total. The number of benzene rings is 3. The normalized spacial score (nSPS) is 17.0. The van der Waals surface area contributed by atoms with E-state index < -0.39 is 12.2 Å². The second kappa shape index (κ2) is 9.74. The van der Waals surface area contributed by atoms with Crippen molar-refractivity contribution in [2.75, 3.05) is 6.61 Å². The van der Waals surface area contributed by atoms with Crippen LogP contribution in [0.3, 0.4) is 0 Å². The molecular weight excluding hydrogens is 376 g/mol. The van der Waals surface area contributed by atoms with Gasteiger partial charge in [-0.2, -0.15) is 0 Å². The zero-order chi connectivity index (χ0) is 20.6. The van der Waals surface area contributed by atoms with E-state index in [4.69, 9.17) is 9.57 Å². The van der Waals surface area contributed by atoms with Crippen molar-refractivity contribution in [3.8, 4) is 0 Å². The third-order valence-corrected chi connectivity index (χ3v) is 5.06. The van der Waals surface area contributed by atoms with Gasteiger partial charge in [-0.1, -0.05) is 96.2 Å². The molecule has 0 bridgehead atoms. The van der Waals surface area contributed by atoms with Crippen LogP contribution in [0.5, 0.6) is 0 Å². The highest BCUT2D eigenvalue weighted by molar-refractivity contribution is 6.03. The van der Waals surface area contributed by atoms with Gasteiger partial charge in [0.05, 0.1) is 5.92 Å². The van der Waals surface area contributed by atoms with E-state index in [-0.39, 0.29) is 5.92 Å². The number of rotatable bonds is 8. The second-order valence-corrected chi connectivity index (χ2v) is 7.15. The van der Waals surface area contributed by atoms with Crippen LogP contribution in [-0.4, -0.2) is 24.6 Å². The monoisotopic (exact) mass is 400 g/mol. The topological polar surface area (TPSA) is 59.9 Å². The average molecular weight is 400 g/mol. The summed E-state index contributed by atoms with van der Waals surface area (Å²) in [7, 11) is 0. The Labute approximate surface area is 176 Å². The van der Waals surface area contributed by atoms with Gasteiger partial charge in [-0.15, -0.1) is 0 Å². The summed E-state index contributed by atoms with van der Waals surface area (Å²) in [4.78, 5) is 17.6. The number of nitrogens with one attached hydrogen (secondary N) is 1. The Morgan fingerprint density at radius 2 is 1.43 bits per heavy atom. The van der Waals surface area contributed by atoms with Gasteiger partial charge < -0.3 is 9.57 Å². The van der Waals surface area contributed by atoms with Crippen LogP contribution in [0.4, 0.5) is 4.79 Å². The van der Waals surface area contributed by atoms with Crippen molar-refractivity contribution >= 4 is 11.9 Å². The Hall–Kier alpha value is -3.60. The lowest BCUT2D eigenvalue weighted by molar-refractivity contribution is 0.130. The molecule has 1 unspecified atom stereocenters. The maximum absolute atomic E-state index is 12.0. The predicted octanol–water partition coefficient (Wildman–Crippen LogP) is 4.89. The summed E-state index contributed by atoms with van der Waals surface area (Å²) in [6, 6.07) is 30.2. The third kappa shape index (κ3) is 4.87. The molecule has 0 aromatic heterocycles. The molecule has 1 atom stereocenters. The first-order chi connectivity index (χ1) is 14.8. The number of oxime groups is 1. The molecule has 1 aliphatic rings. The van der Waals surface area contributed by atoms with Gasteiger partial charge in [0.15, 0.2) is 11.9 Å². The SMILES string of the molecule is O=C1NC(=NOCCCc2ccccc2)C(C(c2ccccc2)c2ccccc2)O1. The number of carbonyl (C=O) groups is 1. The summed E-state index contributed by atoms with van der Waals surface area (Å²) in [5.41, 5.74) is 3.35. The van der Waals surface area contributed by atoms with Gasteiger partial charge in [-0.3, -0.25) is 5.32 Å². The van der Waals surface area contributed by atoms with E-state index >= 15 is 0 Å². The number of alkyl carbamates (subject to hydrolysis) is 1. The first-order valence-corrected chi connectivity index (χ1v) is 10.1. The number of hydrogen-bond donors (Lipinski definition) is 1. The fourth-order valence-corrected chi connectivity index (χ4v) is 3.64. The van der Waals surface area contributed by atoms with E-state index in [0.29, 0.717) is 12.4 Å². The predicted molar refractivity (Wildman–Crippen MR) is 116 cm³/mol. The summed E-state index contributed by atoms with van der Waals surface area (Å²) >= 11 is 0. The molecule has 1 saturated heterocycles. The van der Waals surface area contributed by atoms with Gasteiger partial charge in [-0.25, -0.2) is 4.79 Å². The minimum Gasteiger partial charge on any atom is -0.437 e.